The first-order valence-corrected chi connectivity index (χ1v) is 8.88. The smallest absolute Gasteiger partial charge is 0.0824 e. The molecule has 0 aliphatic rings. The summed E-state index contributed by atoms with van der Waals surface area (Å²) in [5.74, 6) is 0. The quantitative estimate of drug-likeness (QED) is 0.292. The van der Waals surface area contributed by atoms with E-state index in [2.05, 4.69) is 0 Å². The van der Waals surface area contributed by atoms with Crippen molar-refractivity contribution in [2.45, 2.75) is 13.3 Å². The van der Waals surface area contributed by atoms with Crippen LogP contribution < -0.4 is 51.6 Å². The number of anilines is 9. The Bertz CT molecular complexity index is 1080. The molecule has 0 bridgehead atoms. The normalized spacial score (nSPS) is 10.9. The number of hydrogen-bond acceptors (Lipinski definition) is 9. The van der Waals surface area contributed by atoms with Crippen molar-refractivity contribution < 1.29 is 0 Å². The van der Waals surface area contributed by atoms with Gasteiger partial charge in [-0.15, -0.1) is 0 Å². The molecule has 0 saturated heterocycles. The monoisotopic (exact) mass is 393 g/mol. The van der Waals surface area contributed by atoms with Crippen LogP contribution in [0.2, 0.25) is 0 Å². The summed E-state index contributed by atoms with van der Waals surface area (Å²) < 4.78 is 0. The van der Waals surface area contributed by atoms with Gasteiger partial charge < -0.3 is 51.6 Å². The minimum Gasteiger partial charge on any atom is -0.397 e. The van der Waals surface area contributed by atoms with Gasteiger partial charge in [-0.05, 0) is 35.6 Å². The fourth-order valence-corrected chi connectivity index (χ4v) is 3.45. The molecule has 0 amide bonds. The molecule has 0 aliphatic carbocycles. The number of nitrogen functional groups attached to an aromatic ring is 9. The maximum absolute atomic E-state index is 6.21. The van der Waals surface area contributed by atoms with Crippen LogP contribution in [0.4, 0.5) is 51.2 Å². The molecule has 9 nitrogen and oxygen atoms in total. The molecule has 0 aliphatic heterocycles. The first kappa shape index (κ1) is 19.6. The van der Waals surface area contributed by atoms with E-state index in [1.807, 2.05) is 31.2 Å². The van der Waals surface area contributed by atoms with Gasteiger partial charge in [-0.25, -0.2) is 0 Å². The van der Waals surface area contributed by atoms with Crippen LogP contribution in [0.5, 0.6) is 0 Å². The molecule has 29 heavy (non-hydrogen) atoms. The summed E-state index contributed by atoms with van der Waals surface area (Å²) >= 11 is 0. The Morgan fingerprint density at radius 1 is 0.586 bits per heavy atom. The van der Waals surface area contributed by atoms with Crippen LogP contribution in [0, 0.1) is 6.92 Å². The molecular formula is C20H27N9. The lowest BCUT2D eigenvalue weighted by Crippen LogP contribution is -2.10. The SMILES string of the molecule is Cc1c(N)c(N)c(N)c(N)c1Cc1cccc(-c2c(N)c(N)c(N)c(N)c2N)c1. The van der Waals surface area contributed by atoms with Gasteiger partial charge in [0.05, 0.1) is 51.2 Å². The van der Waals surface area contributed by atoms with Crippen LogP contribution in [0.3, 0.4) is 0 Å². The van der Waals surface area contributed by atoms with Crippen molar-refractivity contribution >= 4 is 51.2 Å². The Morgan fingerprint density at radius 3 is 1.66 bits per heavy atom. The molecule has 0 spiro atoms. The second-order valence-electron chi connectivity index (χ2n) is 7.08. The van der Waals surface area contributed by atoms with Gasteiger partial charge in [0, 0.05) is 5.56 Å². The standard InChI is InChI=1S/C20H27N9/c1-7-10(13(22)17(26)16(25)12(7)21)6-8-3-2-4-9(5-8)11-14(23)18(27)20(29)19(28)15(11)24/h2-5H,6,21-29H2,1H3. The summed E-state index contributed by atoms with van der Waals surface area (Å²) in [6.45, 7) is 1.86. The van der Waals surface area contributed by atoms with Gasteiger partial charge in [0.15, 0.2) is 0 Å². The molecule has 3 aromatic rings. The van der Waals surface area contributed by atoms with Gasteiger partial charge in [-0.1, -0.05) is 24.3 Å². The predicted molar refractivity (Wildman–Crippen MR) is 126 cm³/mol. The average Bonchev–Trinajstić information content (AvgIpc) is 2.71. The topological polar surface area (TPSA) is 234 Å². The molecule has 0 saturated carbocycles. The fraction of sp³-hybridized carbons (Fsp3) is 0.100. The van der Waals surface area contributed by atoms with E-state index in [4.69, 9.17) is 51.6 Å². The van der Waals surface area contributed by atoms with E-state index in [0.29, 0.717) is 29.0 Å². The summed E-state index contributed by atoms with van der Waals surface area (Å²) in [5.41, 5.74) is 60.9. The molecule has 9 heteroatoms. The van der Waals surface area contributed by atoms with Crippen LogP contribution in [0.25, 0.3) is 11.1 Å². The zero-order valence-electron chi connectivity index (χ0n) is 16.2. The van der Waals surface area contributed by atoms with Gasteiger partial charge in [-0.3, -0.25) is 0 Å². The molecule has 3 aromatic carbocycles. The van der Waals surface area contributed by atoms with Crippen molar-refractivity contribution in [1.82, 2.24) is 0 Å². The van der Waals surface area contributed by atoms with Gasteiger partial charge in [0.25, 0.3) is 0 Å². The van der Waals surface area contributed by atoms with E-state index < -0.39 is 0 Å². The Hall–Kier alpha value is -4.14. The Balaban J connectivity index is 2.13. The summed E-state index contributed by atoms with van der Waals surface area (Å²) in [4.78, 5) is 0. The van der Waals surface area contributed by atoms with Gasteiger partial charge in [0.1, 0.15) is 0 Å². The molecule has 0 fully saturated rings. The first-order chi connectivity index (χ1) is 13.6. The Kier molecular flexibility index (Phi) is 4.59. The van der Waals surface area contributed by atoms with Crippen LogP contribution in [0.15, 0.2) is 24.3 Å². The minimum absolute atomic E-state index is 0.177. The Morgan fingerprint density at radius 2 is 1.07 bits per heavy atom. The van der Waals surface area contributed by atoms with Crippen molar-refractivity contribution in [3.63, 3.8) is 0 Å². The third kappa shape index (κ3) is 2.98. The number of hydrogen-bond donors (Lipinski definition) is 9. The van der Waals surface area contributed by atoms with E-state index >= 15 is 0 Å². The van der Waals surface area contributed by atoms with Crippen LogP contribution >= 0.6 is 0 Å². The summed E-state index contributed by atoms with van der Waals surface area (Å²) in [6, 6.07) is 7.62. The highest BCUT2D eigenvalue weighted by molar-refractivity contribution is 6.05. The molecular weight excluding hydrogens is 366 g/mol. The fourth-order valence-electron chi connectivity index (χ4n) is 3.45. The number of nitrogens with two attached hydrogens (primary N) is 9. The van der Waals surface area contributed by atoms with Crippen LogP contribution in [-0.4, -0.2) is 0 Å². The van der Waals surface area contributed by atoms with E-state index in [1.54, 1.807) is 0 Å². The van der Waals surface area contributed by atoms with Crippen LogP contribution in [0.1, 0.15) is 16.7 Å². The zero-order valence-corrected chi connectivity index (χ0v) is 16.2. The summed E-state index contributed by atoms with van der Waals surface area (Å²) in [6.07, 6.45) is 0.486. The maximum atomic E-state index is 6.21. The van der Waals surface area contributed by atoms with E-state index in [1.165, 1.54) is 0 Å². The van der Waals surface area contributed by atoms with Gasteiger partial charge in [-0.2, -0.15) is 0 Å². The van der Waals surface area contributed by atoms with Crippen molar-refractivity contribution in [2.75, 3.05) is 51.6 Å². The van der Waals surface area contributed by atoms with Crippen molar-refractivity contribution in [1.29, 1.82) is 0 Å². The molecule has 0 aromatic heterocycles. The van der Waals surface area contributed by atoms with E-state index in [9.17, 15) is 0 Å². The van der Waals surface area contributed by atoms with Crippen molar-refractivity contribution in [3.8, 4) is 11.1 Å². The highest BCUT2D eigenvalue weighted by atomic mass is 14.8. The Labute approximate surface area is 168 Å². The molecule has 0 heterocycles. The second kappa shape index (κ2) is 6.79. The third-order valence-electron chi connectivity index (χ3n) is 5.35. The predicted octanol–water partition coefficient (Wildman–Crippen LogP) is 1.49. The highest BCUT2D eigenvalue weighted by Crippen LogP contribution is 2.44. The average molecular weight is 393 g/mol. The lowest BCUT2D eigenvalue weighted by molar-refractivity contribution is 1.17. The van der Waals surface area contributed by atoms with Gasteiger partial charge in [0.2, 0.25) is 0 Å². The maximum Gasteiger partial charge on any atom is 0.0824 e. The number of rotatable bonds is 3. The lowest BCUT2D eigenvalue weighted by atomic mass is 9.92. The summed E-state index contributed by atoms with van der Waals surface area (Å²) in [7, 11) is 0. The largest absolute Gasteiger partial charge is 0.397 e. The van der Waals surface area contributed by atoms with Crippen molar-refractivity contribution in [2.24, 2.45) is 0 Å². The van der Waals surface area contributed by atoms with Crippen molar-refractivity contribution in [3.05, 3.63) is 41.0 Å². The van der Waals surface area contributed by atoms with Gasteiger partial charge >= 0.3 is 0 Å². The zero-order chi connectivity index (χ0) is 21.6. The third-order valence-corrected chi connectivity index (χ3v) is 5.35. The first-order valence-electron chi connectivity index (χ1n) is 8.88. The second-order valence-corrected chi connectivity index (χ2v) is 7.08. The highest BCUT2D eigenvalue weighted by Gasteiger charge is 2.19. The summed E-state index contributed by atoms with van der Waals surface area (Å²) in [5, 5.41) is 0. The van der Waals surface area contributed by atoms with E-state index in [0.717, 1.165) is 22.3 Å². The molecule has 18 N–H and O–H groups in total. The minimum atomic E-state index is 0.177. The molecule has 0 unspecified atom stereocenters. The molecule has 0 radical (unpaired) electrons. The number of benzene rings is 3. The molecule has 152 valence electrons. The van der Waals surface area contributed by atoms with Crippen LogP contribution in [-0.2, 0) is 6.42 Å². The lowest BCUT2D eigenvalue weighted by Gasteiger charge is -2.19. The molecule has 3 rings (SSSR count). The van der Waals surface area contributed by atoms with E-state index in [-0.39, 0.29) is 34.1 Å². The molecule has 0 atom stereocenters.